The maximum absolute atomic E-state index is 12.6. The van der Waals surface area contributed by atoms with Crippen LogP contribution in [0.4, 0.5) is 0 Å². The third kappa shape index (κ3) is 3.37. The van der Waals surface area contributed by atoms with Gasteiger partial charge in [0.1, 0.15) is 0 Å². The van der Waals surface area contributed by atoms with Gasteiger partial charge in [0.05, 0.1) is 12.2 Å². The minimum Gasteiger partial charge on any atom is -0.435 e. The third-order valence-electron chi connectivity index (χ3n) is 3.73. The molecule has 0 unspecified atom stereocenters. The molecule has 1 aliphatic carbocycles. The Hall–Kier alpha value is -1.42. The predicted octanol–water partition coefficient (Wildman–Crippen LogP) is 4.12. The molecule has 1 aromatic rings. The van der Waals surface area contributed by atoms with Gasteiger partial charge in [-0.25, -0.2) is 0 Å². The number of ketones is 1. The summed E-state index contributed by atoms with van der Waals surface area (Å²) in [5, 5.41) is 0. The van der Waals surface area contributed by atoms with Crippen LogP contribution in [-0.4, -0.2) is 11.8 Å². The minimum absolute atomic E-state index is 0.0308. The van der Waals surface area contributed by atoms with E-state index in [0.29, 0.717) is 12.0 Å². The molecule has 0 saturated heterocycles. The number of hydrogen-bond acceptors (Lipinski definition) is 3. The Kier molecular flexibility index (Phi) is 5.12. The Balaban J connectivity index is 2.18. The molecule has 0 aliphatic heterocycles. The van der Waals surface area contributed by atoms with Gasteiger partial charge in [0.2, 0.25) is 0 Å². The molecule has 0 bridgehead atoms. The first kappa shape index (κ1) is 15.0. The number of halogens is 1. The number of rotatable bonds is 4. The maximum atomic E-state index is 12.6. The van der Waals surface area contributed by atoms with Gasteiger partial charge in [0.25, 0.3) is 0 Å². The zero-order valence-corrected chi connectivity index (χ0v) is 12.8. The minimum atomic E-state index is -0.349. The summed E-state index contributed by atoms with van der Waals surface area (Å²) < 4.78 is 5.81. The van der Waals surface area contributed by atoms with Crippen LogP contribution in [0.5, 0.6) is 0 Å². The lowest BCUT2D eigenvalue weighted by molar-refractivity contribution is -0.145. The van der Waals surface area contributed by atoms with E-state index in [4.69, 9.17) is 4.74 Å². The summed E-state index contributed by atoms with van der Waals surface area (Å²) in [5.74, 6) is -0.936. The second-order valence-corrected chi connectivity index (χ2v) is 5.89. The average molecular weight is 337 g/mol. The molecule has 20 heavy (non-hydrogen) atoms. The highest BCUT2D eigenvalue weighted by atomic mass is 79.9. The van der Waals surface area contributed by atoms with Crippen molar-refractivity contribution in [1.29, 1.82) is 0 Å². The van der Waals surface area contributed by atoms with Gasteiger partial charge >= 0.3 is 5.97 Å². The highest BCUT2D eigenvalue weighted by molar-refractivity contribution is 9.10. The standard InChI is InChI=1S/C16H17BrO3/c1-2-20-16(19)14-6-4-3-5-13(14)15(18)11-7-9-12(17)10-8-11/h2,7-10,13-14H,1,3-6H2/t13-,14-/m1/s1. The van der Waals surface area contributed by atoms with E-state index < -0.39 is 0 Å². The fraction of sp³-hybridized carbons (Fsp3) is 0.375. The van der Waals surface area contributed by atoms with Crippen LogP contribution >= 0.6 is 15.9 Å². The van der Waals surface area contributed by atoms with Crippen LogP contribution in [0.2, 0.25) is 0 Å². The van der Waals surface area contributed by atoms with Gasteiger partial charge in [-0.15, -0.1) is 0 Å². The molecule has 0 heterocycles. The largest absolute Gasteiger partial charge is 0.435 e. The summed E-state index contributed by atoms with van der Waals surface area (Å²) in [6.07, 6.45) is 4.52. The molecule has 2 rings (SSSR count). The second-order valence-electron chi connectivity index (χ2n) is 4.97. The number of benzene rings is 1. The topological polar surface area (TPSA) is 43.4 Å². The van der Waals surface area contributed by atoms with Crippen molar-refractivity contribution < 1.29 is 14.3 Å². The average Bonchev–Trinajstić information content (AvgIpc) is 2.47. The normalized spacial score (nSPS) is 22.1. The van der Waals surface area contributed by atoms with E-state index in [1.54, 1.807) is 12.1 Å². The number of ether oxygens (including phenoxy) is 1. The molecule has 1 aliphatic rings. The first-order valence-electron chi connectivity index (χ1n) is 6.74. The Labute approximate surface area is 127 Å². The van der Waals surface area contributed by atoms with Gasteiger partial charge in [-0.3, -0.25) is 9.59 Å². The van der Waals surface area contributed by atoms with Crippen molar-refractivity contribution in [3.8, 4) is 0 Å². The molecule has 4 heteroatoms. The predicted molar refractivity (Wildman–Crippen MR) is 80.2 cm³/mol. The van der Waals surface area contributed by atoms with Crippen molar-refractivity contribution in [2.75, 3.05) is 0 Å². The Morgan fingerprint density at radius 2 is 1.75 bits per heavy atom. The van der Waals surface area contributed by atoms with Crippen LogP contribution in [0.25, 0.3) is 0 Å². The molecule has 0 N–H and O–H groups in total. The number of hydrogen-bond donors (Lipinski definition) is 0. The third-order valence-corrected chi connectivity index (χ3v) is 4.26. The van der Waals surface area contributed by atoms with Crippen molar-refractivity contribution >= 4 is 27.7 Å². The zero-order chi connectivity index (χ0) is 14.5. The highest BCUT2D eigenvalue weighted by Crippen LogP contribution is 2.33. The van der Waals surface area contributed by atoms with E-state index in [-0.39, 0.29) is 23.6 Å². The first-order valence-corrected chi connectivity index (χ1v) is 7.54. The number of carbonyl (C=O) groups excluding carboxylic acids is 2. The lowest BCUT2D eigenvalue weighted by Gasteiger charge is -2.28. The number of Topliss-reactive ketones (excluding diaryl/α,β-unsaturated/α-hetero) is 1. The van der Waals surface area contributed by atoms with E-state index in [0.717, 1.165) is 30.0 Å². The summed E-state index contributed by atoms with van der Waals surface area (Å²) in [6, 6.07) is 7.26. The molecule has 3 nitrogen and oxygen atoms in total. The van der Waals surface area contributed by atoms with Gasteiger partial charge < -0.3 is 4.74 Å². The Morgan fingerprint density at radius 3 is 2.35 bits per heavy atom. The maximum Gasteiger partial charge on any atom is 0.314 e. The summed E-state index contributed by atoms with van der Waals surface area (Å²) >= 11 is 3.35. The van der Waals surface area contributed by atoms with Crippen LogP contribution in [0.1, 0.15) is 36.0 Å². The zero-order valence-electron chi connectivity index (χ0n) is 11.2. The SMILES string of the molecule is C=COC(=O)[C@@H]1CCCC[C@H]1C(=O)c1ccc(Br)cc1. The molecule has 0 aromatic heterocycles. The fourth-order valence-electron chi connectivity index (χ4n) is 2.72. The molecule has 0 amide bonds. The van der Waals surface area contributed by atoms with E-state index in [9.17, 15) is 9.59 Å². The Bertz CT molecular complexity index is 507. The number of carbonyl (C=O) groups is 2. The van der Waals surface area contributed by atoms with E-state index in [1.165, 1.54) is 0 Å². The van der Waals surface area contributed by atoms with Crippen molar-refractivity contribution in [1.82, 2.24) is 0 Å². The summed E-state index contributed by atoms with van der Waals surface area (Å²) in [4.78, 5) is 24.5. The molecule has 1 saturated carbocycles. The van der Waals surface area contributed by atoms with Gasteiger partial charge in [-0.2, -0.15) is 0 Å². The lowest BCUT2D eigenvalue weighted by Crippen LogP contribution is -2.33. The van der Waals surface area contributed by atoms with Crippen LogP contribution < -0.4 is 0 Å². The summed E-state index contributed by atoms with van der Waals surface area (Å²) in [5.41, 5.74) is 0.650. The molecular weight excluding hydrogens is 320 g/mol. The lowest BCUT2D eigenvalue weighted by atomic mass is 9.75. The van der Waals surface area contributed by atoms with Crippen molar-refractivity contribution in [3.05, 3.63) is 47.1 Å². The monoisotopic (exact) mass is 336 g/mol. The van der Waals surface area contributed by atoms with Crippen molar-refractivity contribution in [2.24, 2.45) is 11.8 Å². The van der Waals surface area contributed by atoms with Crippen LogP contribution in [-0.2, 0) is 9.53 Å². The second kappa shape index (κ2) is 6.84. The summed E-state index contributed by atoms with van der Waals surface area (Å²) in [7, 11) is 0. The quantitative estimate of drug-likeness (QED) is 0.471. The molecule has 1 aromatic carbocycles. The van der Waals surface area contributed by atoms with Crippen molar-refractivity contribution in [2.45, 2.75) is 25.7 Å². The van der Waals surface area contributed by atoms with Crippen LogP contribution in [0, 0.1) is 11.8 Å². The van der Waals surface area contributed by atoms with Crippen molar-refractivity contribution in [3.63, 3.8) is 0 Å². The van der Waals surface area contributed by atoms with E-state index >= 15 is 0 Å². The van der Waals surface area contributed by atoms with E-state index in [1.807, 2.05) is 12.1 Å². The molecule has 0 radical (unpaired) electrons. The van der Waals surface area contributed by atoms with Gasteiger partial charge in [-0.1, -0.05) is 47.5 Å². The molecule has 0 spiro atoms. The highest BCUT2D eigenvalue weighted by Gasteiger charge is 2.36. The Morgan fingerprint density at radius 1 is 1.15 bits per heavy atom. The number of esters is 1. The van der Waals surface area contributed by atoms with Gasteiger partial charge in [0, 0.05) is 16.0 Å². The molecule has 1 fully saturated rings. The van der Waals surface area contributed by atoms with Crippen LogP contribution in [0.15, 0.2) is 41.6 Å². The van der Waals surface area contributed by atoms with Gasteiger partial charge in [-0.05, 0) is 25.0 Å². The van der Waals surface area contributed by atoms with Crippen LogP contribution in [0.3, 0.4) is 0 Å². The first-order chi connectivity index (χ1) is 9.63. The smallest absolute Gasteiger partial charge is 0.314 e. The molecular formula is C16H17BrO3. The van der Waals surface area contributed by atoms with Gasteiger partial charge in [0.15, 0.2) is 5.78 Å². The summed E-state index contributed by atoms with van der Waals surface area (Å²) in [6.45, 7) is 3.40. The van der Waals surface area contributed by atoms with E-state index in [2.05, 4.69) is 22.5 Å². The fourth-order valence-corrected chi connectivity index (χ4v) is 2.99. The molecule has 2 atom stereocenters. The molecule has 106 valence electrons.